The van der Waals surface area contributed by atoms with Gasteiger partial charge in [0.1, 0.15) is 5.75 Å². The van der Waals surface area contributed by atoms with Crippen molar-refractivity contribution in [2.75, 3.05) is 50.7 Å². The van der Waals surface area contributed by atoms with Crippen LogP contribution >= 0.6 is 0 Å². The van der Waals surface area contributed by atoms with E-state index >= 15 is 0 Å². The van der Waals surface area contributed by atoms with Crippen molar-refractivity contribution in [1.82, 2.24) is 4.90 Å². The second-order valence-electron chi connectivity index (χ2n) is 6.28. The zero-order valence-corrected chi connectivity index (χ0v) is 15.3. The third kappa shape index (κ3) is 4.67. The van der Waals surface area contributed by atoms with Crippen LogP contribution in [0, 0.1) is 0 Å². The zero-order chi connectivity index (χ0) is 18.4. The van der Waals surface area contributed by atoms with E-state index in [9.17, 15) is 4.79 Å². The minimum atomic E-state index is -0.146. The fourth-order valence-corrected chi connectivity index (χ4v) is 2.87. The Labute approximate surface area is 154 Å². The maximum atomic E-state index is 12.3. The molecule has 0 unspecified atom stereocenters. The number of ether oxygens (including phenoxy) is 2. The highest BCUT2D eigenvalue weighted by molar-refractivity contribution is 5.89. The van der Waals surface area contributed by atoms with Crippen LogP contribution in [-0.4, -0.2) is 51.4 Å². The minimum Gasteiger partial charge on any atom is -0.497 e. The molecule has 0 atom stereocenters. The first-order valence-corrected chi connectivity index (χ1v) is 8.73. The van der Waals surface area contributed by atoms with Crippen LogP contribution < -0.4 is 15.0 Å². The Hall–Kier alpha value is -2.73. The smallest absolute Gasteiger partial charge is 0.321 e. The molecule has 6 nitrogen and oxygen atoms in total. The molecule has 1 heterocycles. The lowest BCUT2D eigenvalue weighted by Crippen LogP contribution is -2.36. The van der Waals surface area contributed by atoms with Crippen LogP contribution in [0.25, 0.3) is 0 Å². The van der Waals surface area contributed by atoms with Gasteiger partial charge in [-0.2, -0.15) is 0 Å². The highest BCUT2D eigenvalue weighted by atomic mass is 16.5. The van der Waals surface area contributed by atoms with Crippen molar-refractivity contribution in [3.05, 3.63) is 54.1 Å². The number of rotatable bonds is 5. The number of methoxy groups -OCH3 is 1. The molecule has 6 heteroatoms. The highest BCUT2D eigenvalue weighted by Gasteiger charge is 2.12. The molecule has 26 heavy (non-hydrogen) atoms. The number of hydrogen-bond donors (Lipinski definition) is 1. The van der Waals surface area contributed by atoms with Gasteiger partial charge in [0.2, 0.25) is 0 Å². The van der Waals surface area contributed by atoms with Gasteiger partial charge in [-0.3, -0.25) is 0 Å². The Morgan fingerprint density at radius 2 is 1.77 bits per heavy atom. The van der Waals surface area contributed by atoms with Gasteiger partial charge in [0.05, 0.1) is 20.3 Å². The van der Waals surface area contributed by atoms with Gasteiger partial charge in [0.25, 0.3) is 0 Å². The van der Waals surface area contributed by atoms with E-state index in [1.807, 2.05) is 24.3 Å². The van der Waals surface area contributed by atoms with E-state index in [4.69, 9.17) is 9.47 Å². The summed E-state index contributed by atoms with van der Waals surface area (Å²) >= 11 is 0. The summed E-state index contributed by atoms with van der Waals surface area (Å²) in [4.78, 5) is 16.3. The van der Waals surface area contributed by atoms with Gasteiger partial charge in [0, 0.05) is 38.1 Å². The summed E-state index contributed by atoms with van der Waals surface area (Å²) < 4.78 is 10.5. The predicted molar refractivity (Wildman–Crippen MR) is 103 cm³/mol. The number of nitrogens with zero attached hydrogens (tertiary/aromatic N) is 2. The molecule has 0 spiro atoms. The molecule has 1 aliphatic heterocycles. The summed E-state index contributed by atoms with van der Waals surface area (Å²) in [7, 11) is 3.40. The average molecular weight is 355 g/mol. The second kappa shape index (κ2) is 8.58. The van der Waals surface area contributed by atoms with Crippen LogP contribution in [0.5, 0.6) is 5.75 Å². The van der Waals surface area contributed by atoms with Crippen molar-refractivity contribution in [1.29, 1.82) is 0 Å². The fraction of sp³-hybridized carbons (Fsp3) is 0.350. The van der Waals surface area contributed by atoms with Gasteiger partial charge in [0.15, 0.2) is 0 Å². The molecule has 3 rings (SSSR count). The van der Waals surface area contributed by atoms with Crippen molar-refractivity contribution in [2.24, 2.45) is 0 Å². The third-order valence-corrected chi connectivity index (χ3v) is 4.42. The lowest BCUT2D eigenvalue weighted by Gasteiger charge is -2.29. The maximum absolute atomic E-state index is 12.3. The normalized spacial score (nSPS) is 14.0. The lowest BCUT2D eigenvalue weighted by molar-refractivity contribution is 0.122. The Bertz CT molecular complexity index is 710. The molecular formula is C20H25N3O3. The van der Waals surface area contributed by atoms with Gasteiger partial charge >= 0.3 is 6.03 Å². The van der Waals surface area contributed by atoms with Crippen molar-refractivity contribution < 1.29 is 14.3 Å². The Morgan fingerprint density at radius 3 is 2.38 bits per heavy atom. The van der Waals surface area contributed by atoms with E-state index in [0.717, 1.165) is 43.3 Å². The Balaban J connectivity index is 1.54. The van der Waals surface area contributed by atoms with Gasteiger partial charge < -0.3 is 24.6 Å². The SMILES string of the molecule is COc1ccc(NC(=O)N(C)Cc2ccc(N3CCOCC3)cc2)cc1. The number of carbonyl (C=O) groups excluding carboxylic acids is 1. The number of amides is 2. The molecule has 2 aromatic carbocycles. The average Bonchev–Trinajstić information content (AvgIpc) is 2.70. The zero-order valence-electron chi connectivity index (χ0n) is 15.3. The quantitative estimate of drug-likeness (QED) is 0.895. The molecular weight excluding hydrogens is 330 g/mol. The molecule has 1 aliphatic rings. The van der Waals surface area contributed by atoms with Crippen molar-refractivity contribution in [3.8, 4) is 5.75 Å². The molecule has 0 bridgehead atoms. The van der Waals surface area contributed by atoms with Gasteiger partial charge in [-0.15, -0.1) is 0 Å². The third-order valence-electron chi connectivity index (χ3n) is 4.42. The summed E-state index contributed by atoms with van der Waals surface area (Å²) in [6, 6.07) is 15.5. The van der Waals surface area contributed by atoms with Gasteiger partial charge in [-0.1, -0.05) is 12.1 Å². The number of urea groups is 1. The molecule has 0 saturated carbocycles. The molecule has 1 saturated heterocycles. The molecule has 1 N–H and O–H groups in total. The van der Waals surface area contributed by atoms with Crippen LogP contribution in [0.2, 0.25) is 0 Å². The first kappa shape index (κ1) is 18.1. The molecule has 2 amide bonds. The van der Waals surface area contributed by atoms with E-state index in [1.165, 1.54) is 5.69 Å². The predicted octanol–water partition coefficient (Wildman–Crippen LogP) is 3.20. The molecule has 0 aromatic heterocycles. The second-order valence-corrected chi connectivity index (χ2v) is 6.28. The van der Waals surface area contributed by atoms with Crippen LogP contribution in [0.15, 0.2) is 48.5 Å². The van der Waals surface area contributed by atoms with E-state index < -0.39 is 0 Å². The number of benzene rings is 2. The lowest BCUT2D eigenvalue weighted by atomic mass is 10.2. The molecule has 138 valence electrons. The summed E-state index contributed by atoms with van der Waals surface area (Å²) in [6.07, 6.45) is 0. The minimum absolute atomic E-state index is 0.146. The molecule has 2 aromatic rings. The van der Waals surface area contributed by atoms with E-state index in [0.29, 0.717) is 6.54 Å². The summed E-state index contributed by atoms with van der Waals surface area (Å²) in [5, 5.41) is 2.89. The highest BCUT2D eigenvalue weighted by Crippen LogP contribution is 2.18. The largest absolute Gasteiger partial charge is 0.497 e. The topological polar surface area (TPSA) is 54.0 Å². The maximum Gasteiger partial charge on any atom is 0.321 e. The number of anilines is 2. The van der Waals surface area contributed by atoms with Crippen molar-refractivity contribution >= 4 is 17.4 Å². The van der Waals surface area contributed by atoms with Crippen LogP contribution in [0.4, 0.5) is 16.2 Å². The summed E-state index contributed by atoms with van der Waals surface area (Å²) in [5.41, 5.74) is 3.03. The monoisotopic (exact) mass is 355 g/mol. The van der Waals surface area contributed by atoms with Gasteiger partial charge in [-0.05, 0) is 42.0 Å². The van der Waals surface area contributed by atoms with E-state index in [-0.39, 0.29) is 6.03 Å². The molecule has 0 radical (unpaired) electrons. The summed E-state index contributed by atoms with van der Waals surface area (Å²) in [6.45, 7) is 3.93. The van der Waals surface area contributed by atoms with Gasteiger partial charge in [-0.25, -0.2) is 4.79 Å². The Morgan fingerprint density at radius 1 is 1.12 bits per heavy atom. The number of hydrogen-bond acceptors (Lipinski definition) is 4. The number of carbonyl (C=O) groups is 1. The first-order chi connectivity index (χ1) is 12.7. The first-order valence-electron chi connectivity index (χ1n) is 8.73. The molecule has 0 aliphatic carbocycles. The summed E-state index contributed by atoms with van der Waals surface area (Å²) in [5.74, 6) is 0.761. The number of morpholine rings is 1. The van der Waals surface area contributed by atoms with Crippen LogP contribution in [0.1, 0.15) is 5.56 Å². The van der Waals surface area contributed by atoms with E-state index in [1.54, 1.807) is 19.1 Å². The Kier molecular flexibility index (Phi) is 5.96. The van der Waals surface area contributed by atoms with Crippen LogP contribution in [0.3, 0.4) is 0 Å². The van der Waals surface area contributed by atoms with Crippen LogP contribution in [-0.2, 0) is 11.3 Å². The van der Waals surface area contributed by atoms with Crippen molar-refractivity contribution in [3.63, 3.8) is 0 Å². The van der Waals surface area contributed by atoms with Crippen molar-refractivity contribution in [2.45, 2.75) is 6.54 Å². The van der Waals surface area contributed by atoms with E-state index in [2.05, 4.69) is 34.5 Å². The standard InChI is InChI=1S/C20H25N3O3/c1-22(20(24)21-17-5-9-19(25-2)10-6-17)15-16-3-7-18(8-4-16)23-11-13-26-14-12-23/h3-10H,11-15H2,1-2H3,(H,21,24). The fourth-order valence-electron chi connectivity index (χ4n) is 2.87. The molecule has 1 fully saturated rings. The number of nitrogens with one attached hydrogen (secondary N) is 1.